The van der Waals surface area contributed by atoms with E-state index in [1.54, 1.807) is 48.5 Å². The minimum absolute atomic E-state index is 0.0282. The number of hydrogen-bond donors (Lipinski definition) is 1. The molecule has 1 aliphatic heterocycles. The number of esters is 1. The Hall–Kier alpha value is -4.39. The molecule has 1 atom stereocenters. The maximum atomic E-state index is 13.3. The van der Waals surface area contributed by atoms with Gasteiger partial charge in [-0.05, 0) is 79.1 Å². The average molecular weight is 472 g/mol. The second-order valence-electron chi connectivity index (χ2n) is 8.41. The van der Waals surface area contributed by atoms with Gasteiger partial charge in [-0.1, -0.05) is 18.2 Å². The summed E-state index contributed by atoms with van der Waals surface area (Å²) in [6.07, 6.45) is 0. The molecule has 1 unspecified atom stereocenters. The van der Waals surface area contributed by atoms with Gasteiger partial charge in [0.05, 0.1) is 18.7 Å². The Morgan fingerprint density at radius 2 is 1.46 bits per heavy atom. The van der Waals surface area contributed by atoms with Crippen LogP contribution in [0.1, 0.15) is 35.2 Å². The molecule has 0 spiro atoms. The Bertz CT molecular complexity index is 1320. The normalized spacial score (nSPS) is 16.9. The number of aliphatic hydroxyl groups is 1. The summed E-state index contributed by atoms with van der Waals surface area (Å²) >= 11 is 0. The summed E-state index contributed by atoms with van der Waals surface area (Å²) in [5.41, 5.74) is 3.34. The quantitative estimate of drug-likeness (QED) is 0.188. The van der Waals surface area contributed by atoms with E-state index in [-0.39, 0.29) is 11.3 Å². The first-order valence-corrected chi connectivity index (χ1v) is 11.0. The number of methoxy groups -OCH3 is 1. The van der Waals surface area contributed by atoms with Gasteiger partial charge in [0.25, 0.3) is 11.7 Å². The number of aliphatic hydroxyl groups excluding tert-OH is 1. The third-order valence-corrected chi connectivity index (χ3v) is 5.75. The summed E-state index contributed by atoms with van der Waals surface area (Å²) in [5.74, 6) is -1.34. The van der Waals surface area contributed by atoms with Crippen LogP contribution in [0.5, 0.6) is 11.5 Å². The molecule has 7 heteroatoms. The van der Waals surface area contributed by atoms with Gasteiger partial charge in [0.2, 0.25) is 0 Å². The van der Waals surface area contributed by atoms with Crippen molar-refractivity contribution in [2.45, 2.75) is 26.8 Å². The lowest BCUT2D eigenvalue weighted by molar-refractivity contribution is -0.132. The second kappa shape index (κ2) is 9.46. The Kier molecular flexibility index (Phi) is 6.42. The zero-order valence-corrected chi connectivity index (χ0v) is 19.9. The number of ketones is 1. The molecular weight excluding hydrogens is 446 g/mol. The number of hydrogen-bond acceptors (Lipinski definition) is 6. The lowest BCUT2D eigenvalue weighted by atomic mass is 9.95. The summed E-state index contributed by atoms with van der Waals surface area (Å²) in [6.45, 7) is 5.12. The van der Waals surface area contributed by atoms with Crippen LogP contribution < -0.4 is 14.4 Å². The van der Waals surface area contributed by atoms with Crippen LogP contribution in [0.15, 0.2) is 72.3 Å². The Labute approximate surface area is 203 Å². The van der Waals surface area contributed by atoms with E-state index < -0.39 is 23.7 Å². The van der Waals surface area contributed by atoms with Gasteiger partial charge in [-0.3, -0.25) is 19.3 Å². The maximum absolute atomic E-state index is 13.3. The van der Waals surface area contributed by atoms with Crippen LogP contribution in [0.2, 0.25) is 0 Å². The number of carbonyl (C=O) groups is 3. The van der Waals surface area contributed by atoms with Crippen molar-refractivity contribution >= 4 is 29.1 Å². The van der Waals surface area contributed by atoms with Crippen LogP contribution in [0, 0.1) is 13.8 Å². The smallest absolute Gasteiger partial charge is 0.308 e. The Morgan fingerprint density at radius 1 is 0.886 bits per heavy atom. The molecule has 3 aromatic carbocycles. The Balaban J connectivity index is 1.90. The molecule has 0 saturated carbocycles. The third-order valence-electron chi connectivity index (χ3n) is 5.75. The highest BCUT2D eigenvalue weighted by Gasteiger charge is 2.47. The van der Waals surface area contributed by atoms with Gasteiger partial charge in [0.15, 0.2) is 0 Å². The summed E-state index contributed by atoms with van der Waals surface area (Å²) in [6, 6.07) is 17.8. The van der Waals surface area contributed by atoms with Crippen molar-refractivity contribution in [1.82, 2.24) is 0 Å². The van der Waals surface area contributed by atoms with Gasteiger partial charge in [0, 0.05) is 18.2 Å². The highest BCUT2D eigenvalue weighted by Crippen LogP contribution is 2.43. The van der Waals surface area contributed by atoms with Crippen LogP contribution in [-0.4, -0.2) is 29.9 Å². The second-order valence-corrected chi connectivity index (χ2v) is 8.41. The fraction of sp³-hybridized carbons (Fsp3) is 0.179. The first-order chi connectivity index (χ1) is 16.7. The fourth-order valence-electron chi connectivity index (χ4n) is 4.29. The van der Waals surface area contributed by atoms with Crippen molar-refractivity contribution in [2.24, 2.45) is 0 Å². The van der Waals surface area contributed by atoms with Gasteiger partial charge in [-0.2, -0.15) is 0 Å². The molecule has 4 rings (SSSR count). The van der Waals surface area contributed by atoms with Gasteiger partial charge in [-0.25, -0.2) is 0 Å². The van der Waals surface area contributed by atoms with E-state index >= 15 is 0 Å². The van der Waals surface area contributed by atoms with Crippen LogP contribution >= 0.6 is 0 Å². The zero-order chi connectivity index (χ0) is 25.3. The number of Topliss-reactive ketones (excluding diaryl/α,β-unsaturated/α-hetero) is 1. The van der Waals surface area contributed by atoms with Crippen molar-refractivity contribution in [3.8, 4) is 11.5 Å². The molecule has 0 radical (unpaired) electrons. The standard InChI is InChI=1S/C28H25NO6/c1-16-13-17(2)15-21(14-16)29-25(19-5-11-23(12-6-19)35-18(3)30)24(27(32)28(29)33)26(31)20-7-9-22(34-4)10-8-20/h5-15,25,31H,1-4H3/b26-24+. The van der Waals surface area contributed by atoms with Crippen LogP contribution in [0.25, 0.3) is 5.76 Å². The summed E-state index contributed by atoms with van der Waals surface area (Å²) in [5, 5.41) is 11.2. The van der Waals surface area contributed by atoms with Gasteiger partial charge in [-0.15, -0.1) is 0 Å². The highest BCUT2D eigenvalue weighted by atomic mass is 16.5. The molecule has 1 N–H and O–H groups in total. The molecule has 1 heterocycles. The molecule has 1 saturated heterocycles. The molecule has 178 valence electrons. The average Bonchev–Trinajstić information content (AvgIpc) is 3.08. The molecule has 1 aliphatic rings. The molecule has 35 heavy (non-hydrogen) atoms. The molecule has 0 aromatic heterocycles. The van der Waals surface area contributed by atoms with Crippen molar-refractivity contribution in [3.05, 3.63) is 94.6 Å². The summed E-state index contributed by atoms with van der Waals surface area (Å²) in [4.78, 5) is 39.3. The fourth-order valence-corrected chi connectivity index (χ4v) is 4.29. The van der Waals surface area contributed by atoms with E-state index in [1.165, 1.54) is 18.9 Å². The summed E-state index contributed by atoms with van der Waals surface area (Å²) < 4.78 is 10.3. The molecule has 0 aliphatic carbocycles. The van der Waals surface area contributed by atoms with E-state index in [4.69, 9.17) is 9.47 Å². The third kappa shape index (κ3) is 4.66. The lowest BCUT2D eigenvalue weighted by Gasteiger charge is -2.26. The van der Waals surface area contributed by atoms with E-state index in [1.807, 2.05) is 32.0 Å². The van der Waals surface area contributed by atoms with Crippen molar-refractivity contribution in [3.63, 3.8) is 0 Å². The molecular formula is C28H25NO6. The van der Waals surface area contributed by atoms with Crippen LogP contribution in [0.4, 0.5) is 5.69 Å². The number of ether oxygens (including phenoxy) is 2. The van der Waals surface area contributed by atoms with Gasteiger partial charge < -0.3 is 14.6 Å². The lowest BCUT2D eigenvalue weighted by Crippen LogP contribution is -2.29. The molecule has 3 aromatic rings. The van der Waals surface area contributed by atoms with Crippen molar-refractivity contribution < 1.29 is 29.0 Å². The van der Waals surface area contributed by atoms with Gasteiger partial charge in [0.1, 0.15) is 17.3 Å². The van der Waals surface area contributed by atoms with E-state index in [0.717, 1.165) is 11.1 Å². The van der Waals surface area contributed by atoms with E-state index in [2.05, 4.69) is 0 Å². The SMILES string of the molecule is COc1ccc(/C(O)=C2\C(=O)C(=O)N(c3cc(C)cc(C)c3)C2c2ccc(OC(C)=O)cc2)cc1. The Morgan fingerprint density at radius 3 is 2.00 bits per heavy atom. The largest absolute Gasteiger partial charge is 0.507 e. The number of benzene rings is 3. The predicted molar refractivity (Wildman–Crippen MR) is 131 cm³/mol. The van der Waals surface area contributed by atoms with Crippen LogP contribution in [-0.2, 0) is 14.4 Å². The number of nitrogens with zero attached hydrogens (tertiary/aromatic N) is 1. The number of carbonyl (C=O) groups excluding carboxylic acids is 3. The summed E-state index contributed by atoms with van der Waals surface area (Å²) in [7, 11) is 1.53. The highest BCUT2D eigenvalue weighted by molar-refractivity contribution is 6.51. The monoisotopic (exact) mass is 471 g/mol. The van der Waals surface area contributed by atoms with Gasteiger partial charge >= 0.3 is 5.97 Å². The number of amides is 1. The first-order valence-electron chi connectivity index (χ1n) is 11.0. The minimum atomic E-state index is -0.885. The van der Waals surface area contributed by atoms with E-state index in [9.17, 15) is 19.5 Å². The number of aryl methyl sites for hydroxylation is 2. The maximum Gasteiger partial charge on any atom is 0.308 e. The number of rotatable bonds is 5. The molecule has 7 nitrogen and oxygen atoms in total. The van der Waals surface area contributed by atoms with Crippen LogP contribution in [0.3, 0.4) is 0 Å². The predicted octanol–water partition coefficient (Wildman–Crippen LogP) is 4.86. The molecule has 1 fully saturated rings. The molecule has 1 amide bonds. The van der Waals surface area contributed by atoms with E-state index in [0.29, 0.717) is 28.3 Å². The topological polar surface area (TPSA) is 93.1 Å². The van der Waals surface area contributed by atoms with Crippen molar-refractivity contribution in [2.75, 3.05) is 12.0 Å². The minimum Gasteiger partial charge on any atom is -0.507 e. The zero-order valence-electron chi connectivity index (χ0n) is 19.9. The first kappa shape index (κ1) is 23.8. The molecule has 0 bridgehead atoms. The number of anilines is 1. The van der Waals surface area contributed by atoms with Crippen molar-refractivity contribution in [1.29, 1.82) is 0 Å².